The molecule has 1 atom stereocenters. The normalized spacial score (nSPS) is 23.2. The summed E-state index contributed by atoms with van der Waals surface area (Å²) in [5.41, 5.74) is 0.386. The largest absolute Gasteiger partial charge is 0.316 e. The minimum Gasteiger partial charge on any atom is -0.316 e. The Kier molecular flexibility index (Phi) is 5.22. The van der Waals surface area contributed by atoms with Crippen LogP contribution in [-0.2, 0) is 0 Å². The first-order valence-electron chi connectivity index (χ1n) is 6.54. The van der Waals surface area contributed by atoms with Crippen LogP contribution in [0.4, 0.5) is 0 Å². The second-order valence-corrected chi connectivity index (χ2v) is 6.09. The highest BCUT2D eigenvalue weighted by Gasteiger charge is 2.28. The second kappa shape index (κ2) is 5.99. The predicted molar refractivity (Wildman–Crippen MR) is 70.9 cm³/mol. The van der Waals surface area contributed by atoms with E-state index < -0.39 is 0 Å². The fourth-order valence-corrected chi connectivity index (χ4v) is 2.50. The topological polar surface area (TPSA) is 18.5 Å². The molecule has 0 aromatic carbocycles. The number of likely N-dealkylation sites (tertiary alicyclic amines) is 1. The van der Waals surface area contributed by atoms with E-state index >= 15 is 0 Å². The molecule has 0 bridgehead atoms. The minimum atomic E-state index is 0.386. The van der Waals surface area contributed by atoms with Crippen molar-refractivity contribution in [1.82, 2.24) is 15.1 Å². The molecule has 3 nitrogen and oxygen atoms in total. The molecule has 0 saturated carbocycles. The van der Waals surface area contributed by atoms with Crippen molar-refractivity contribution in [3.8, 4) is 0 Å². The summed E-state index contributed by atoms with van der Waals surface area (Å²) in [7, 11) is 4.38. The lowest BCUT2D eigenvalue weighted by molar-refractivity contribution is 0.190. The van der Waals surface area contributed by atoms with Crippen LogP contribution in [0.15, 0.2) is 0 Å². The Morgan fingerprint density at radius 3 is 2.56 bits per heavy atom. The molecule has 1 fully saturated rings. The lowest BCUT2D eigenvalue weighted by Gasteiger charge is -2.31. The fraction of sp³-hybridized carbons (Fsp3) is 1.00. The molecule has 1 unspecified atom stereocenters. The summed E-state index contributed by atoms with van der Waals surface area (Å²) in [6.07, 6.45) is 1.32. The van der Waals surface area contributed by atoms with E-state index in [-0.39, 0.29) is 0 Å². The Labute approximate surface area is 101 Å². The zero-order chi connectivity index (χ0) is 12.2. The third-order valence-electron chi connectivity index (χ3n) is 3.48. The highest BCUT2D eigenvalue weighted by atomic mass is 15.2. The molecule has 16 heavy (non-hydrogen) atoms. The van der Waals surface area contributed by atoms with E-state index in [1.165, 1.54) is 26.1 Å². The van der Waals surface area contributed by atoms with Crippen LogP contribution in [0.25, 0.3) is 0 Å². The first-order chi connectivity index (χ1) is 7.44. The van der Waals surface area contributed by atoms with Gasteiger partial charge in [-0.15, -0.1) is 0 Å². The van der Waals surface area contributed by atoms with Gasteiger partial charge in [0.05, 0.1) is 0 Å². The standard InChI is InChI=1S/C13H29N3/c1-6-14-10-13(2,3)11-16-8-7-12(9-16)15(4)5/h12,14H,6-11H2,1-5H3. The maximum Gasteiger partial charge on any atom is 0.0229 e. The van der Waals surface area contributed by atoms with Gasteiger partial charge in [0.25, 0.3) is 0 Å². The van der Waals surface area contributed by atoms with Crippen LogP contribution < -0.4 is 5.32 Å². The number of nitrogens with one attached hydrogen (secondary N) is 1. The van der Waals surface area contributed by atoms with Crippen molar-refractivity contribution in [2.45, 2.75) is 33.2 Å². The Morgan fingerprint density at radius 1 is 1.38 bits per heavy atom. The molecule has 96 valence electrons. The number of rotatable bonds is 6. The monoisotopic (exact) mass is 227 g/mol. The highest BCUT2D eigenvalue weighted by molar-refractivity contribution is 4.85. The summed E-state index contributed by atoms with van der Waals surface area (Å²) in [6, 6.07) is 0.759. The van der Waals surface area contributed by atoms with Gasteiger partial charge in [-0.05, 0) is 39.0 Å². The van der Waals surface area contributed by atoms with Crippen molar-refractivity contribution in [3.05, 3.63) is 0 Å². The van der Waals surface area contributed by atoms with Crippen molar-refractivity contribution < 1.29 is 0 Å². The molecule has 1 aliphatic heterocycles. The van der Waals surface area contributed by atoms with E-state index in [1.807, 2.05) is 0 Å². The Balaban J connectivity index is 2.32. The summed E-state index contributed by atoms with van der Waals surface area (Å²) in [6.45, 7) is 12.8. The lowest BCUT2D eigenvalue weighted by atomic mass is 9.93. The second-order valence-electron chi connectivity index (χ2n) is 6.09. The maximum absolute atomic E-state index is 3.46. The van der Waals surface area contributed by atoms with Gasteiger partial charge in [-0.3, -0.25) is 0 Å². The average Bonchev–Trinajstić information content (AvgIpc) is 2.62. The van der Waals surface area contributed by atoms with E-state index in [4.69, 9.17) is 0 Å². The highest BCUT2D eigenvalue weighted by Crippen LogP contribution is 2.21. The lowest BCUT2D eigenvalue weighted by Crippen LogP contribution is -2.41. The SMILES string of the molecule is CCNCC(C)(C)CN1CCC(N(C)C)C1. The Bertz CT molecular complexity index is 201. The molecular weight excluding hydrogens is 198 g/mol. The van der Waals surface area contributed by atoms with Gasteiger partial charge in [0.1, 0.15) is 0 Å². The van der Waals surface area contributed by atoms with E-state index in [2.05, 4.69) is 50.0 Å². The molecule has 1 aliphatic rings. The van der Waals surface area contributed by atoms with Gasteiger partial charge in [0, 0.05) is 25.7 Å². The van der Waals surface area contributed by atoms with Gasteiger partial charge >= 0.3 is 0 Å². The van der Waals surface area contributed by atoms with Gasteiger partial charge in [-0.25, -0.2) is 0 Å². The molecule has 0 aliphatic carbocycles. The zero-order valence-electron chi connectivity index (χ0n) is 11.7. The first-order valence-corrected chi connectivity index (χ1v) is 6.54. The Morgan fingerprint density at radius 2 is 2.06 bits per heavy atom. The van der Waals surface area contributed by atoms with E-state index in [0.717, 1.165) is 19.1 Å². The first kappa shape index (κ1) is 13.9. The summed E-state index contributed by atoms with van der Waals surface area (Å²) in [4.78, 5) is 4.97. The number of hydrogen-bond donors (Lipinski definition) is 1. The molecule has 1 heterocycles. The van der Waals surface area contributed by atoms with Crippen LogP contribution in [0.1, 0.15) is 27.2 Å². The molecular formula is C13H29N3. The summed E-state index contributed by atoms with van der Waals surface area (Å²) in [5, 5.41) is 3.46. The predicted octanol–water partition coefficient (Wildman–Crippen LogP) is 1.26. The van der Waals surface area contributed by atoms with Crippen molar-refractivity contribution in [3.63, 3.8) is 0 Å². The molecule has 1 N–H and O–H groups in total. The van der Waals surface area contributed by atoms with Crippen LogP contribution in [0.3, 0.4) is 0 Å². The minimum absolute atomic E-state index is 0.386. The van der Waals surface area contributed by atoms with Crippen molar-refractivity contribution in [1.29, 1.82) is 0 Å². The number of nitrogens with zero attached hydrogens (tertiary/aromatic N) is 2. The van der Waals surface area contributed by atoms with Crippen molar-refractivity contribution >= 4 is 0 Å². The van der Waals surface area contributed by atoms with Crippen LogP contribution in [0.2, 0.25) is 0 Å². The van der Waals surface area contributed by atoms with Gasteiger partial charge < -0.3 is 15.1 Å². The van der Waals surface area contributed by atoms with Gasteiger partial charge in [0.15, 0.2) is 0 Å². The maximum atomic E-state index is 3.46. The molecule has 1 saturated heterocycles. The van der Waals surface area contributed by atoms with E-state index in [9.17, 15) is 0 Å². The van der Waals surface area contributed by atoms with Crippen LogP contribution in [-0.4, -0.2) is 62.7 Å². The van der Waals surface area contributed by atoms with Gasteiger partial charge in [-0.1, -0.05) is 20.8 Å². The summed E-state index contributed by atoms with van der Waals surface area (Å²) < 4.78 is 0. The molecule has 0 aromatic heterocycles. The van der Waals surface area contributed by atoms with Crippen molar-refractivity contribution in [2.75, 3.05) is 46.8 Å². The molecule has 1 rings (SSSR count). The number of likely N-dealkylation sites (N-methyl/N-ethyl adjacent to an activating group) is 1. The third-order valence-corrected chi connectivity index (χ3v) is 3.48. The fourth-order valence-electron chi connectivity index (χ4n) is 2.50. The molecule has 3 heteroatoms. The smallest absolute Gasteiger partial charge is 0.0229 e. The molecule has 0 aromatic rings. The van der Waals surface area contributed by atoms with Gasteiger partial charge in [-0.2, -0.15) is 0 Å². The molecule has 0 radical (unpaired) electrons. The van der Waals surface area contributed by atoms with Gasteiger partial charge in [0.2, 0.25) is 0 Å². The van der Waals surface area contributed by atoms with Crippen molar-refractivity contribution in [2.24, 2.45) is 5.41 Å². The van der Waals surface area contributed by atoms with Crippen LogP contribution >= 0.6 is 0 Å². The van der Waals surface area contributed by atoms with Crippen LogP contribution in [0.5, 0.6) is 0 Å². The average molecular weight is 227 g/mol. The van der Waals surface area contributed by atoms with E-state index in [0.29, 0.717) is 5.41 Å². The van der Waals surface area contributed by atoms with Crippen LogP contribution in [0, 0.1) is 5.41 Å². The molecule has 0 amide bonds. The summed E-state index contributed by atoms with van der Waals surface area (Å²) in [5.74, 6) is 0. The number of hydrogen-bond acceptors (Lipinski definition) is 3. The summed E-state index contributed by atoms with van der Waals surface area (Å²) >= 11 is 0. The molecule has 0 spiro atoms. The Hall–Kier alpha value is -0.120. The zero-order valence-corrected chi connectivity index (χ0v) is 11.7. The quantitative estimate of drug-likeness (QED) is 0.737. The van der Waals surface area contributed by atoms with E-state index in [1.54, 1.807) is 0 Å². The third kappa shape index (κ3) is 4.40.